The van der Waals surface area contributed by atoms with Crippen LogP contribution in [0, 0.1) is 6.92 Å². The van der Waals surface area contributed by atoms with Crippen LogP contribution in [-0.4, -0.2) is 72.3 Å². The number of carbonyl (C=O) groups excluding carboxylic acids is 2. The summed E-state index contributed by atoms with van der Waals surface area (Å²) in [7, 11) is -2.95. The van der Waals surface area contributed by atoms with Gasteiger partial charge in [0.1, 0.15) is 18.8 Å². The van der Waals surface area contributed by atoms with E-state index in [9.17, 15) is 18.0 Å². The largest absolute Gasteiger partial charge is 0.479 e. The Morgan fingerprint density at radius 2 is 1.81 bits per heavy atom. The van der Waals surface area contributed by atoms with Gasteiger partial charge < -0.3 is 23.9 Å². The first-order valence-electron chi connectivity index (χ1n) is 10.8. The lowest BCUT2D eigenvalue weighted by atomic mass is 10.1. The van der Waals surface area contributed by atoms with Gasteiger partial charge in [-0.1, -0.05) is 17.7 Å². The number of aromatic nitrogens is 4. The van der Waals surface area contributed by atoms with Crippen molar-refractivity contribution in [1.82, 2.24) is 19.9 Å². The summed E-state index contributed by atoms with van der Waals surface area (Å²) in [5.74, 6) is -1.21. The number of aryl methyl sites for hydroxylation is 1. The molecule has 0 saturated carbocycles. The van der Waals surface area contributed by atoms with Gasteiger partial charge in [0.15, 0.2) is 29.2 Å². The van der Waals surface area contributed by atoms with Gasteiger partial charge in [-0.3, -0.25) is 13.8 Å². The van der Waals surface area contributed by atoms with Gasteiger partial charge in [0.05, 0.1) is 18.3 Å². The number of carbonyl (C=O) groups is 2. The molecular formula is C22H24N4O9S. The van der Waals surface area contributed by atoms with Crippen LogP contribution in [0.2, 0.25) is 0 Å². The molecule has 0 bridgehead atoms. The molecule has 0 spiro atoms. The fraction of sp³-hybridized carbons (Fsp3) is 0.409. The molecule has 3 aromatic rings. The Hall–Kier alpha value is -3.62. The van der Waals surface area contributed by atoms with Crippen molar-refractivity contribution >= 4 is 33.2 Å². The number of hydrogen-bond acceptors (Lipinski definition) is 12. The molecule has 1 fully saturated rings. The lowest BCUT2D eigenvalue weighted by Gasteiger charge is -2.23. The van der Waals surface area contributed by atoms with Crippen molar-refractivity contribution in [3.63, 3.8) is 0 Å². The molecule has 13 nitrogen and oxygen atoms in total. The van der Waals surface area contributed by atoms with E-state index in [4.69, 9.17) is 23.1 Å². The van der Waals surface area contributed by atoms with Gasteiger partial charge in [-0.05, 0) is 19.1 Å². The van der Waals surface area contributed by atoms with Crippen LogP contribution in [-0.2, 0) is 38.1 Å². The SMILES string of the molecule is COc1nc([C@@H]2O[C@H](COC(C)=O)[C@H](OS(=O)(=O)c3ccc(C)cc3)[C@H]2OC(C)=O)nc2[nH]cnc12. The number of nitrogens with one attached hydrogen (secondary N) is 1. The Labute approximate surface area is 206 Å². The number of nitrogens with zero attached hydrogens (tertiary/aromatic N) is 3. The van der Waals surface area contributed by atoms with E-state index in [-0.39, 0.29) is 23.2 Å². The van der Waals surface area contributed by atoms with Crippen molar-refractivity contribution in [3.05, 3.63) is 42.0 Å². The van der Waals surface area contributed by atoms with Crippen LogP contribution in [0.15, 0.2) is 35.5 Å². The molecule has 3 heterocycles. The lowest BCUT2D eigenvalue weighted by molar-refractivity contribution is -0.152. The van der Waals surface area contributed by atoms with E-state index in [1.54, 1.807) is 12.1 Å². The van der Waals surface area contributed by atoms with Gasteiger partial charge in [-0.15, -0.1) is 0 Å². The van der Waals surface area contributed by atoms with Crippen LogP contribution < -0.4 is 4.74 Å². The third-order valence-electron chi connectivity index (χ3n) is 5.32. The van der Waals surface area contributed by atoms with Crippen LogP contribution in [0.5, 0.6) is 5.88 Å². The zero-order valence-electron chi connectivity index (χ0n) is 19.8. The van der Waals surface area contributed by atoms with Crippen LogP contribution >= 0.6 is 0 Å². The molecule has 2 aromatic heterocycles. The van der Waals surface area contributed by atoms with Gasteiger partial charge >= 0.3 is 11.9 Å². The summed E-state index contributed by atoms with van der Waals surface area (Å²) in [6.45, 7) is 3.78. The van der Waals surface area contributed by atoms with Crippen LogP contribution in [0.1, 0.15) is 31.3 Å². The molecule has 36 heavy (non-hydrogen) atoms. The third kappa shape index (κ3) is 5.29. The topological polar surface area (TPSA) is 169 Å². The van der Waals surface area contributed by atoms with E-state index < -0.39 is 46.5 Å². The number of rotatable bonds is 8. The Morgan fingerprint density at radius 1 is 1.08 bits per heavy atom. The van der Waals surface area contributed by atoms with E-state index in [1.807, 2.05) is 6.92 Å². The second-order valence-electron chi connectivity index (χ2n) is 7.99. The van der Waals surface area contributed by atoms with E-state index in [2.05, 4.69) is 19.9 Å². The number of hydrogen-bond donors (Lipinski definition) is 1. The summed E-state index contributed by atoms with van der Waals surface area (Å²) in [6, 6.07) is 6.01. The van der Waals surface area contributed by atoms with Crippen molar-refractivity contribution in [3.8, 4) is 5.88 Å². The fourth-order valence-electron chi connectivity index (χ4n) is 3.71. The Morgan fingerprint density at radius 3 is 2.44 bits per heavy atom. The number of fused-ring (bicyclic) bond motifs is 1. The predicted molar refractivity (Wildman–Crippen MR) is 121 cm³/mol. The molecule has 192 valence electrons. The smallest absolute Gasteiger partial charge is 0.303 e. The molecule has 1 aliphatic rings. The highest BCUT2D eigenvalue weighted by Gasteiger charge is 2.52. The minimum atomic E-state index is -4.34. The summed E-state index contributed by atoms with van der Waals surface area (Å²) in [6.07, 6.45) is -3.64. The Kier molecular flexibility index (Phi) is 7.19. The van der Waals surface area contributed by atoms with Crippen molar-refractivity contribution in [2.45, 2.75) is 50.1 Å². The van der Waals surface area contributed by atoms with Gasteiger partial charge in [0, 0.05) is 13.8 Å². The van der Waals surface area contributed by atoms with Crippen molar-refractivity contribution in [1.29, 1.82) is 0 Å². The minimum Gasteiger partial charge on any atom is -0.479 e. The van der Waals surface area contributed by atoms with E-state index in [0.717, 1.165) is 12.5 Å². The molecule has 0 aliphatic carbocycles. The highest BCUT2D eigenvalue weighted by Crippen LogP contribution is 2.39. The van der Waals surface area contributed by atoms with Gasteiger partial charge in [-0.25, -0.2) is 9.97 Å². The highest BCUT2D eigenvalue weighted by atomic mass is 32.2. The van der Waals surface area contributed by atoms with Gasteiger partial charge in [-0.2, -0.15) is 13.4 Å². The molecular weight excluding hydrogens is 496 g/mol. The third-order valence-corrected chi connectivity index (χ3v) is 6.65. The average Bonchev–Trinajstić information content (AvgIpc) is 3.42. The first kappa shape index (κ1) is 25.5. The normalized spacial score (nSPS) is 21.9. The minimum absolute atomic E-state index is 0.0153. The number of aromatic amines is 1. The quantitative estimate of drug-likeness (QED) is 0.335. The highest BCUT2D eigenvalue weighted by molar-refractivity contribution is 7.86. The maximum atomic E-state index is 13.1. The number of ether oxygens (including phenoxy) is 4. The molecule has 0 amide bonds. The number of imidazole rings is 1. The summed E-state index contributed by atoms with van der Waals surface area (Å²) in [4.78, 5) is 39.0. The van der Waals surface area contributed by atoms with Crippen LogP contribution in [0.3, 0.4) is 0 Å². The summed E-state index contributed by atoms with van der Waals surface area (Å²) >= 11 is 0. The van der Waals surface area contributed by atoms with Crippen molar-refractivity contribution in [2.75, 3.05) is 13.7 Å². The predicted octanol–water partition coefficient (Wildman–Crippen LogP) is 1.38. The number of benzene rings is 1. The summed E-state index contributed by atoms with van der Waals surface area (Å²) < 4.78 is 53.6. The van der Waals surface area contributed by atoms with Crippen molar-refractivity contribution in [2.24, 2.45) is 0 Å². The molecule has 4 rings (SSSR count). The molecule has 0 unspecified atom stereocenters. The molecule has 4 atom stereocenters. The molecule has 14 heteroatoms. The number of H-pyrrole nitrogens is 1. The standard InChI is InChI=1S/C22H24N4O9S/c1-11-5-7-14(8-6-11)36(29,30)35-17-15(9-32-12(2)27)34-19(18(17)33-13(3)28)21-25-20-16(23-10-24-20)22(26-21)31-4/h5-8,10,15,17-19H,9H2,1-4H3,(H,23,24,25,26)/t15-,17+,18-,19-/m1/s1. The summed E-state index contributed by atoms with van der Waals surface area (Å²) in [5.41, 5.74) is 1.52. The molecule has 1 aliphatic heterocycles. The number of esters is 2. The zero-order chi connectivity index (χ0) is 26.0. The fourth-order valence-corrected chi connectivity index (χ4v) is 4.81. The van der Waals surface area contributed by atoms with E-state index in [1.165, 1.54) is 32.5 Å². The monoisotopic (exact) mass is 520 g/mol. The van der Waals surface area contributed by atoms with Crippen LogP contribution in [0.25, 0.3) is 11.2 Å². The maximum absolute atomic E-state index is 13.1. The Balaban J connectivity index is 1.75. The second kappa shape index (κ2) is 10.2. The summed E-state index contributed by atoms with van der Waals surface area (Å²) in [5, 5.41) is 0. The van der Waals surface area contributed by atoms with Gasteiger partial charge in [0.25, 0.3) is 10.1 Å². The lowest BCUT2D eigenvalue weighted by Crippen LogP contribution is -2.40. The van der Waals surface area contributed by atoms with Crippen molar-refractivity contribution < 1.29 is 41.1 Å². The van der Waals surface area contributed by atoms with E-state index >= 15 is 0 Å². The molecule has 0 radical (unpaired) electrons. The second-order valence-corrected chi connectivity index (χ2v) is 9.56. The first-order chi connectivity index (χ1) is 17.1. The van der Waals surface area contributed by atoms with Crippen LogP contribution in [0.4, 0.5) is 0 Å². The zero-order valence-corrected chi connectivity index (χ0v) is 20.6. The Bertz CT molecular complexity index is 1370. The van der Waals surface area contributed by atoms with E-state index in [0.29, 0.717) is 11.2 Å². The van der Waals surface area contributed by atoms with Gasteiger partial charge in [0.2, 0.25) is 5.88 Å². The molecule has 1 N–H and O–H groups in total. The molecule has 1 aromatic carbocycles. The number of methoxy groups -OCH3 is 1. The molecule has 1 saturated heterocycles. The average molecular weight is 521 g/mol. The first-order valence-corrected chi connectivity index (χ1v) is 12.2. The maximum Gasteiger partial charge on any atom is 0.303 e.